The molecule has 0 aliphatic carbocycles. The second-order valence-corrected chi connectivity index (χ2v) is 14.5. The third-order valence-corrected chi connectivity index (χ3v) is 9.78. The average Bonchev–Trinajstić information content (AvgIpc) is 4.01. The third kappa shape index (κ3) is 11.2. The minimum absolute atomic E-state index is 0. The Morgan fingerprint density at radius 2 is 1.59 bits per heavy atom. The van der Waals surface area contributed by atoms with Crippen LogP contribution >= 0.6 is 40.5 Å². The average molecular weight is 854 g/mol. The monoisotopic (exact) mass is 853 g/mol. The number of carbonyl (C=O) groups is 3. The number of fused-ring (bicyclic) bond motifs is 1. The molecule has 6 rings (SSSR count). The van der Waals surface area contributed by atoms with E-state index < -0.39 is 12.1 Å². The van der Waals surface area contributed by atoms with Gasteiger partial charge in [0, 0.05) is 30.8 Å². The fourth-order valence-corrected chi connectivity index (χ4v) is 7.06. The van der Waals surface area contributed by atoms with Gasteiger partial charge in [-0.05, 0) is 73.4 Å². The fourth-order valence-electron chi connectivity index (χ4n) is 7.06. The number of aromatic nitrogens is 4. The number of nitrogens with one attached hydrogen (secondary N) is 3. The molecule has 2 fully saturated rings. The van der Waals surface area contributed by atoms with Crippen LogP contribution in [0, 0.1) is 23.7 Å². The van der Waals surface area contributed by atoms with Gasteiger partial charge in [0.05, 0.1) is 49.2 Å². The van der Waals surface area contributed by atoms with Gasteiger partial charge in [0.15, 0.2) is 0 Å². The van der Waals surface area contributed by atoms with E-state index in [9.17, 15) is 14.4 Å². The van der Waals surface area contributed by atoms with Gasteiger partial charge in [-0.2, -0.15) is 45.4 Å². The van der Waals surface area contributed by atoms with Gasteiger partial charge >= 0.3 is 12.1 Å². The maximum absolute atomic E-state index is 13.6. The Balaban J connectivity index is 0.00000300. The molecule has 4 heterocycles. The van der Waals surface area contributed by atoms with Crippen LogP contribution in [0.3, 0.4) is 0 Å². The number of hydrogen-bond acceptors (Lipinski definition) is 9. The van der Waals surface area contributed by atoms with Crippen molar-refractivity contribution in [3.05, 3.63) is 71.4 Å². The van der Waals surface area contributed by atoms with E-state index in [1.165, 1.54) is 19.2 Å². The number of amides is 4. The summed E-state index contributed by atoms with van der Waals surface area (Å²) in [5.41, 5.74) is 5.11. The first-order valence-electron chi connectivity index (χ1n) is 18.7. The Hall–Kier alpha value is -4.83. The molecule has 0 radical (unpaired) electrons. The number of rotatable bonds is 11. The number of likely N-dealkylation sites (tertiary alicyclic amines) is 2. The Labute approximate surface area is 360 Å². The second kappa shape index (κ2) is 21.8. The minimum Gasteiger partial charge on any atom is -0.453 e. The zero-order valence-electron chi connectivity index (χ0n) is 33.7. The van der Waals surface area contributed by atoms with Crippen LogP contribution in [0.1, 0.15) is 88.2 Å². The van der Waals surface area contributed by atoms with E-state index in [4.69, 9.17) is 14.6 Å². The van der Waals surface area contributed by atoms with Crippen molar-refractivity contribution >= 4 is 76.0 Å². The third-order valence-electron chi connectivity index (χ3n) is 9.78. The van der Waals surface area contributed by atoms with Gasteiger partial charge in [-0.3, -0.25) is 4.79 Å². The Kier molecular flexibility index (Phi) is 17.9. The number of carbonyl (C=O) groups excluding carboxylic acids is 3. The van der Waals surface area contributed by atoms with Crippen LogP contribution < -0.4 is 5.32 Å². The van der Waals surface area contributed by atoms with Gasteiger partial charge in [-0.25, -0.2) is 24.6 Å². The van der Waals surface area contributed by atoms with Gasteiger partial charge in [0.1, 0.15) is 17.7 Å². The number of methoxy groups -OCH3 is 1. The molecular weight excluding hydrogens is 799 g/mol. The number of aromatic amines is 2. The maximum Gasteiger partial charge on any atom is 0.407 e. The summed E-state index contributed by atoms with van der Waals surface area (Å²) in [6.45, 7) is 9.47. The molecule has 0 bridgehead atoms. The van der Waals surface area contributed by atoms with Crippen molar-refractivity contribution in [1.82, 2.24) is 40.1 Å². The number of H-pyrrole nitrogens is 2. The van der Waals surface area contributed by atoms with Crippen molar-refractivity contribution in [3.63, 3.8) is 0 Å². The molecule has 0 spiro atoms. The summed E-state index contributed by atoms with van der Waals surface area (Å²) < 4.78 is 4.75. The molecule has 4 amide bonds. The van der Waals surface area contributed by atoms with E-state index in [2.05, 4.69) is 42.1 Å². The van der Waals surface area contributed by atoms with E-state index >= 15 is 0 Å². The number of nitrogens with zero attached hydrogens (tertiary/aromatic N) is 6. The van der Waals surface area contributed by atoms with Gasteiger partial charge in [0.2, 0.25) is 12.3 Å². The first-order valence-corrected chi connectivity index (χ1v) is 18.7. The summed E-state index contributed by atoms with van der Waals surface area (Å²) in [5.74, 6) is 7.91. The molecule has 2 aromatic carbocycles. The second-order valence-electron chi connectivity index (χ2n) is 14.5. The Bertz CT molecular complexity index is 2080. The lowest BCUT2D eigenvalue weighted by Crippen LogP contribution is -2.51. The molecule has 2 aliphatic heterocycles. The number of hydrazone groups is 1. The van der Waals surface area contributed by atoms with Crippen LogP contribution in [0.15, 0.2) is 53.8 Å². The highest BCUT2D eigenvalue weighted by atomic mass is 32.1. The van der Waals surface area contributed by atoms with Crippen LogP contribution in [-0.2, 0) is 19.3 Å². The summed E-state index contributed by atoms with van der Waals surface area (Å²) in [7, 11) is 2.66. The SMILES string of the molecule is COO/C=N\N(CC(C)C)C(=O)N1CCC[C@H]1c1ncc(-c2ccc(C#Cc3ccc4nc([C@@H]5CCCN5C(=O)[C@@H](NC(=O)OC)C(C)C)[nH]c4c3)cc2)[nH]1.S.S.S. The van der Waals surface area contributed by atoms with E-state index in [1.54, 1.807) is 16.0 Å². The summed E-state index contributed by atoms with van der Waals surface area (Å²) in [6, 6.07) is 12.4. The smallest absolute Gasteiger partial charge is 0.407 e. The largest absolute Gasteiger partial charge is 0.453 e. The van der Waals surface area contributed by atoms with Crippen molar-refractivity contribution in [2.45, 2.75) is 71.5 Å². The van der Waals surface area contributed by atoms with Crippen LogP contribution in [0.25, 0.3) is 22.3 Å². The maximum atomic E-state index is 13.6. The zero-order valence-corrected chi connectivity index (χ0v) is 36.7. The standard InChI is InChI=1S/C40H49N9O6.3H2S/c1-25(2)23-49(42-24-55-54-6)40(52)48-20-8-9-33(48)36-41-22-32(45-36)29-16-13-27(14-17-29)11-12-28-15-18-30-31(21-28)44-37(43-30)34-10-7-19-47(34)38(50)35(26(3)4)46-39(51)53-5;;;/h13-18,21-22,24-26,33-35H,7-10,19-20,23H2,1-6H3,(H,41,45)(H,43,44)(H,46,51);3*1H2/b42-24-;;;/t33-,34-,35-;;;/m0.../s1. The van der Waals surface area contributed by atoms with Crippen LogP contribution in [-0.4, -0.2) is 99.1 Å². The molecule has 314 valence electrons. The molecule has 15 nitrogen and oxygen atoms in total. The van der Waals surface area contributed by atoms with E-state index in [-0.39, 0.29) is 76.3 Å². The summed E-state index contributed by atoms with van der Waals surface area (Å²) in [5, 5.41) is 8.27. The number of urea groups is 1. The number of imidazole rings is 2. The lowest BCUT2D eigenvalue weighted by Gasteiger charge is -2.29. The Morgan fingerprint density at radius 1 is 0.931 bits per heavy atom. The molecule has 0 unspecified atom stereocenters. The van der Waals surface area contributed by atoms with Crippen molar-refractivity contribution in [3.8, 4) is 23.1 Å². The van der Waals surface area contributed by atoms with Crippen molar-refractivity contribution < 1.29 is 28.9 Å². The summed E-state index contributed by atoms with van der Waals surface area (Å²) in [6.07, 6.45) is 5.55. The van der Waals surface area contributed by atoms with Crippen molar-refractivity contribution in [1.29, 1.82) is 0 Å². The highest BCUT2D eigenvalue weighted by Gasteiger charge is 2.38. The highest BCUT2D eigenvalue weighted by Crippen LogP contribution is 2.34. The molecule has 2 aliphatic rings. The van der Waals surface area contributed by atoms with Gasteiger partial charge in [-0.1, -0.05) is 51.7 Å². The lowest BCUT2D eigenvalue weighted by atomic mass is 10.0. The molecule has 0 saturated carbocycles. The molecule has 58 heavy (non-hydrogen) atoms. The van der Waals surface area contributed by atoms with E-state index in [0.29, 0.717) is 25.5 Å². The minimum atomic E-state index is -0.694. The van der Waals surface area contributed by atoms with E-state index in [1.807, 2.05) is 70.2 Å². The Morgan fingerprint density at radius 3 is 2.24 bits per heavy atom. The summed E-state index contributed by atoms with van der Waals surface area (Å²) >= 11 is 0. The predicted octanol–water partition coefficient (Wildman–Crippen LogP) is 6.47. The zero-order chi connectivity index (χ0) is 39.1. The first kappa shape index (κ1) is 47.5. The predicted molar refractivity (Wildman–Crippen MR) is 237 cm³/mol. The van der Waals surface area contributed by atoms with Crippen LogP contribution in [0.2, 0.25) is 0 Å². The highest BCUT2D eigenvalue weighted by molar-refractivity contribution is 7.59. The lowest BCUT2D eigenvalue weighted by molar-refractivity contribution is -0.188. The topological polar surface area (TPSA) is 170 Å². The van der Waals surface area contributed by atoms with Crippen LogP contribution in [0.4, 0.5) is 9.59 Å². The van der Waals surface area contributed by atoms with Gasteiger partial charge in [0.25, 0.3) is 0 Å². The fraction of sp³-hybridized carbons (Fsp3) is 0.450. The van der Waals surface area contributed by atoms with Gasteiger partial charge < -0.3 is 34.7 Å². The van der Waals surface area contributed by atoms with Crippen molar-refractivity contribution in [2.24, 2.45) is 16.9 Å². The van der Waals surface area contributed by atoms with E-state index in [0.717, 1.165) is 71.3 Å². The molecular formula is C40H55N9O6S3. The number of benzene rings is 2. The number of alkyl carbamates (subject to hydrolysis) is 1. The normalized spacial score (nSPS) is 16.6. The molecule has 2 saturated heterocycles. The number of hydrogen-bond donors (Lipinski definition) is 3. The molecule has 3 atom stereocenters. The quantitative estimate of drug-likeness (QED) is 0.0507. The first-order chi connectivity index (χ1) is 26.6. The molecule has 2 aromatic heterocycles. The van der Waals surface area contributed by atoms with Gasteiger partial charge in [-0.15, -0.1) is 5.10 Å². The van der Waals surface area contributed by atoms with Crippen molar-refractivity contribution in [2.75, 3.05) is 33.9 Å². The summed E-state index contributed by atoms with van der Waals surface area (Å²) in [4.78, 5) is 68.3. The van der Waals surface area contributed by atoms with Crippen LogP contribution in [0.5, 0.6) is 0 Å². The molecule has 3 N–H and O–H groups in total. The molecule has 4 aromatic rings. The number of ether oxygens (including phenoxy) is 1. The molecule has 18 heteroatoms.